The molecule has 392 valence electrons. The van der Waals surface area contributed by atoms with Crippen LogP contribution < -0.4 is 5.32 Å². The van der Waals surface area contributed by atoms with Gasteiger partial charge < -0.3 is 15.5 Å². The number of aliphatic hydroxyl groups is 2. The summed E-state index contributed by atoms with van der Waals surface area (Å²) in [7, 11) is 0. The van der Waals surface area contributed by atoms with Gasteiger partial charge in [-0.25, -0.2) is 0 Å². The van der Waals surface area contributed by atoms with Crippen LogP contribution in [0.1, 0.15) is 316 Å². The highest BCUT2D eigenvalue weighted by Crippen LogP contribution is 2.17. The molecule has 0 bridgehead atoms. The quantitative estimate of drug-likeness (QED) is 0.0420. The molecule has 3 N–H and O–H groups in total. The summed E-state index contributed by atoms with van der Waals surface area (Å²) in [6, 6.07) is -0.647. The molecular formula is C63H117NO3. The Bertz CT molecular complexity index is 1110. The molecule has 1 amide bonds. The molecule has 2 unspecified atom stereocenters. The molecule has 0 aliphatic carbocycles. The monoisotopic (exact) mass is 936 g/mol. The molecule has 0 rings (SSSR count). The second kappa shape index (κ2) is 58.4. The molecule has 4 heteroatoms. The van der Waals surface area contributed by atoms with Gasteiger partial charge in [-0.2, -0.15) is 0 Å². The minimum absolute atomic E-state index is 0.0761. The molecular weight excluding hydrogens is 819 g/mol. The molecule has 0 aromatic carbocycles. The summed E-state index contributed by atoms with van der Waals surface area (Å²) in [4.78, 5) is 12.5. The van der Waals surface area contributed by atoms with Gasteiger partial charge in [-0.1, -0.05) is 293 Å². The van der Waals surface area contributed by atoms with Crippen molar-refractivity contribution in [3.05, 3.63) is 60.8 Å². The van der Waals surface area contributed by atoms with Gasteiger partial charge in [0, 0.05) is 6.42 Å². The van der Waals surface area contributed by atoms with Crippen LogP contribution in [-0.2, 0) is 4.79 Å². The lowest BCUT2D eigenvalue weighted by Crippen LogP contribution is -2.45. The molecule has 0 aliphatic rings. The molecule has 0 spiro atoms. The summed E-state index contributed by atoms with van der Waals surface area (Å²) in [5.74, 6) is -0.0761. The van der Waals surface area contributed by atoms with Crippen LogP contribution in [0, 0.1) is 0 Å². The Morgan fingerprint density at radius 3 is 0.955 bits per heavy atom. The SMILES string of the molecule is CCCCCCCC/C=C/CC/C=C/CC/C=C/C(O)C(CO)NC(=O)CCCCCCCCCCCCCCCCCCC/C=C\C/C=C\CCCCCCCCCCCCCCCCC. The van der Waals surface area contributed by atoms with Crippen LogP contribution in [0.15, 0.2) is 60.8 Å². The molecule has 4 nitrogen and oxygen atoms in total. The summed E-state index contributed by atoms with van der Waals surface area (Å²) >= 11 is 0. The van der Waals surface area contributed by atoms with E-state index < -0.39 is 12.1 Å². The maximum absolute atomic E-state index is 12.5. The van der Waals surface area contributed by atoms with Crippen molar-refractivity contribution >= 4 is 5.91 Å². The Morgan fingerprint density at radius 2 is 0.627 bits per heavy atom. The van der Waals surface area contributed by atoms with Gasteiger partial charge in [0.1, 0.15) is 0 Å². The summed E-state index contributed by atoms with van der Waals surface area (Å²) in [6.07, 6.45) is 82.7. The van der Waals surface area contributed by atoms with E-state index >= 15 is 0 Å². The van der Waals surface area contributed by atoms with Crippen LogP contribution in [-0.4, -0.2) is 34.9 Å². The first kappa shape index (κ1) is 65.1. The minimum atomic E-state index is -0.871. The average molecular weight is 937 g/mol. The van der Waals surface area contributed by atoms with Gasteiger partial charge in [-0.3, -0.25) is 4.79 Å². The first-order valence-electron chi connectivity index (χ1n) is 30.0. The number of hydrogen-bond acceptors (Lipinski definition) is 3. The van der Waals surface area contributed by atoms with Crippen molar-refractivity contribution in [1.82, 2.24) is 5.32 Å². The topological polar surface area (TPSA) is 69.6 Å². The third-order valence-corrected chi connectivity index (χ3v) is 13.7. The highest BCUT2D eigenvalue weighted by Gasteiger charge is 2.18. The maximum Gasteiger partial charge on any atom is 0.220 e. The third-order valence-electron chi connectivity index (χ3n) is 13.7. The van der Waals surface area contributed by atoms with E-state index in [2.05, 4.69) is 67.8 Å². The number of allylic oxidation sites excluding steroid dienone is 9. The van der Waals surface area contributed by atoms with Crippen molar-refractivity contribution in [2.45, 2.75) is 328 Å². The molecule has 0 aromatic rings. The number of carbonyl (C=O) groups excluding carboxylic acids is 1. The van der Waals surface area contributed by atoms with Gasteiger partial charge in [0.2, 0.25) is 5.91 Å². The molecule has 0 fully saturated rings. The molecule has 0 radical (unpaired) electrons. The van der Waals surface area contributed by atoms with E-state index in [-0.39, 0.29) is 12.5 Å². The van der Waals surface area contributed by atoms with E-state index in [9.17, 15) is 15.0 Å². The lowest BCUT2D eigenvalue weighted by molar-refractivity contribution is -0.123. The lowest BCUT2D eigenvalue weighted by Gasteiger charge is -2.19. The Morgan fingerprint density at radius 1 is 0.358 bits per heavy atom. The minimum Gasteiger partial charge on any atom is -0.394 e. The van der Waals surface area contributed by atoms with E-state index in [4.69, 9.17) is 0 Å². The van der Waals surface area contributed by atoms with Gasteiger partial charge in [0.25, 0.3) is 0 Å². The first-order chi connectivity index (χ1) is 33.2. The predicted octanol–water partition coefficient (Wildman–Crippen LogP) is 20.0. The average Bonchev–Trinajstić information content (AvgIpc) is 3.33. The van der Waals surface area contributed by atoms with Gasteiger partial charge in [0.05, 0.1) is 18.8 Å². The van der Waals surface area contributed by atoms with E-state index in [0.29, 0.717) is 6.42 Å². The van der Waals surface area contributed by atoms with E-state index in [1.54, 1.807) is 6.08 Å². The Kier molecular flexibility index (Phi) is 56.7. The fourth-order valence-corrected chi connectivity index (χ4v) is 9.13. The first-order valence-corrected chi connectivity index (χ1v) is 30.0. The largest absolute Gasteiger partial charge is 0.394 e. The molecule has 0 aromatic heterocycles. The molecule has 0 aliphatic heterocycles. The number of unbranched alkanes of at least 4 members (excludes halogenated alkanes) is 40. The number of nitrogens with one attached hydrogen (secondary N) is 1. The standard InChI is InChI=1S/C63H117NO3/c1-3-5-7-9-11-13-15-17-19-21-22-23-24-25-26-27-28-29-30-31-32-33-34-35-36-37-38-39-40-41-42-43-45-47-49-51-53-55-57-59-63(67)64-61(60-65)62(66)58-56-54-52-50-48-46-44-20-18-16-14-12-10-8-6-4-2/h18,20,28-29,31-32,48,50,56,58,61-62,65-66H,3-17,19,21-27,30,33-47,49,51-55,57,59-60H2,1-2H3,(H,64,67)/b20-18+,29-28-,32-31-,50-48+,58-56+. The second-order valence-corrected chi connectivity index (χ2v) is 20.4. The van der Waals surface area contributed by atoms with Crippen molar-refractivity contribution in [3.8, 4) is 0 Å². The van der Waals surface area contributed by atoms with Crippen molar-refractivity contribution in [2.24, 2.45) is 0 Å². The molecule has 2 atom stereocenters. The lowest BCUT2D eigenvalue weighted by atomic mass is 10.0. The molecule has 0 saturated carbocycles. The highest BCUT2D eigenvalue weighted by molar-refractivity contribution is 5.76. The van der Waals surface area contributed by atoms with Crippen LogP contribution in [0.2, 0.25) is 0 Å². The normalized spacial score (nSPS) is 13.2. The van der Waals surface area contributed by atoms with Crippen molar-refractivity contribution < 1.29 is 15.0 Å². The number of hydrogen-bond donors (Lipinski definition) is 3. The van der Waals surface area contributed by atoms with Crippen LogP contribution >= 0.6 is 0 Å². The summed E-state index contributed by atoms with van der Waals surface area (Å²) in [6.45, 7) is 4.30. The van der Waals surface area contributed by atoms with Gasteiger partial charge in [-0.05, 0) is 77.0 Å². The summed E-state index contributed by atoms with van der Waals surface area (Å²) < 4.78 is 0. The summed E-state index contributed by atoms with van der Waals surface area (Å²) in [5, 5.41) is 23.1. The number of rotatable bonds is 55. The van der Waals surface area contributed by atoms with Crippen molar-refractivity contribution in [1.29, 1.82) is 0 Å². The fraction of sp³-hybridized carbons (Fsp3) is 0.825. The highest BCUT2D eigenvalue weighted by atomic mass is 16.3. The molecule has 67 heavy (non-hydrogen) atoms. The zero-order valence-electron chi connectivity index (χ0n) is 45.2. The van der Waals surface area contributed by atoms with Crippen LogP contribution in [0.3, 0.4) is 0 Å². The van der Waals surface area contributed by atoms with E-state index in [1.165, 1.54) is 250 Å². The Hall–Kier alpha value is -1.91. The molecule has 0 saturated heterocycles. The predicted molar refractivity (Wildman–Crippen MR) is 299 cm³/mol. The maximum atomic E-state index is 12.5. The summed E-state index contributed by atoms with van der Waals surface area (Å²) in [5.41, 5.74) is 0. The number of carbonyl (C=O) groups is 1. The smallest absolute Gasteiger partial charge is 0.220 e. The zero-order valence-corrected chi connectivity index (χ0v) is 45.2. The van der Waals surface area contributed by atoms with Crippen LogP contribution in [0.4, 0.5) is 0 Å². The molecule has 0 heterocycles. The van der Waals surface area contributed by atoms with E-state index in [1.807, 2.05) is 6.08 Å². The number of amides is 1. The van der Waals surface area contributed by atoms with E-state index in [0.717, 1.165) is 44.9 Å². The van der Waals surface area contributed by atoms with Crippen molar-refractivity contribution in [3.63, 3.8) is 0 Å². The fourth-order valence-electron chi connectivity index (χ4n) is 9.13. The van der Waals surface area contributed by atoms with Crippen LogP contribution in [0.25, 0.3) is 0 Å². The number of aliphatic hydroxyl groups excluding tert-OH is 2. The van der Waals surface area contributed by atoms with Gasteiger partial charge in [-0.15, -0.1) is 0 Å². The van der Waals surface area contributed by atoms with Crippen molar-refractivity contribution in [2.75, 3.05) is 6.61 Å². The Balaban J connectivity index is 3.46. The third kappa shape index (κ3) is 54.9. The zero-order chi connectivity index (χ0) is 48.5. The van der Waals surface area contributed by atoms with Gasteiger partial charge >= 0.3 is 0 Å². The van der Waals surface area contributed by atoms with Gasteiger partial charge in [0.15, 0.2) is 0 Å². The van der Waals surface area contributed by atoms with Crippen LogP contribution in [0.5, 0.6) is 0 Å². The Labute approximate surface area is 419 Å². The second-order valence-electron chi connectivity index (χ2n) is 20.4.